The molecule has 146 valence electrons. The molecule has 8 heteroatoms. The minimum Gasteiger partial charge on any atom is -0.482 e. The van der Waals surface area contributed by atoms with Gasteiger partial charge in [0.25, 0.3) is 5.69 Å². The molecule has 0 aliphatic heterocycles. The number of hydrogen-bond acceptors (Lipinski definition) is 6. The van der Waals surface area contributed by atoms with Crippen molar-refractivity contribution in [2.75, 3.05) is 6.61 Å². The molecular formula is C21H14FNO6. The lowest BCUT2D eigenvalue weighted by molar-refractivity contribution is -0.384. The Hall–Kier alpha value is -4.07. The van der Waals surface area contributed by atoms with E-state index in [9.17, 15) is 24.1 Å². The van der Waals surface area contributed by atoms with E-state index in [0.29, 0.717) is 11.1 Å². The van der Waals surface area contributed by atoms with Gasteiger partial charge >= 0.3 is 5.97 Å². The molecule has 0 saturated heterocycles. The van der Waals surface area contributed by atoms with Crippen LogP contribution in [0.2, 0.25) is 0 Å². The lowest BCUT2D eigenvalue weighted by atomic mass is 10.0. The number of ketones is 1. The van der Waals surface area contributed by atoms with Crippen molar-refractivity contribution in [3.8, 4) is 11.5 Å². The van der Waals surface area contributed by atoms with E-state index in [1.807, 2.05) is 0 Å². The van der Waals surface area contributed by atoms with E-state index in [0.717, 1.165) is 0 Å². The quantitative estimate of drug-likeness (QED) is 0.198. The van der Waals surface area contributed by atoms with Gasteiger partial charge in [0.05, 0.1) is 4.92 Å². The first-order valence-corrected chi connectivity index (χ1v) is 8.40. The Morgan fingerprint density at radius 1 is 0.828 bits per heavy atom. The molecule has 3 aromatic rings. The van der Waals surface area contributed by atoms with Crippen molar-refractivity contribution in [3.05, 3.63) is 99.9 Å². The number of nitro groups is 1. The summed E-state index contributed by atoms with van der Waals surface area (Å²) in [5.74, 6) is -0.893. The first kappa shape index (κ1) is 19.7. The third-order valence-corrected chi connectivity index (χ3v) is 3.86. The molecule has 7 nitrogen and oxygen atoms in total. The van der Waals surface area contributed by atoms with E-state index in [-0.39, 0.29) is 23.0 Å². The number of nitro benzene ring substituents is 1. The van der Waals surface area contributed by atoms with Crippen LogP contribution < -0.4 is 9.47 Å². The van der Waals surface area contributed by atoms with Gasteiger partial charge in [0, 0.05) is 23.3 Å². The number of rotatable bonds is 7. The maximum Gasteiger partial charge on any atom is 0.349 e. The number of benzene rings is 3. The van der Waals surface area contributed by atoms with Gasteiger partial charge in [-0.05, 0) is 60.7 Å². The lowest BCUT2D eigenvalue weighted by Gasteiger charge is -2.07. The summed E-state index contributed by atoms with van der Waals surface area (Å²) in [6.45, 7) is -0.395. The molecule has 0 atom stereocenters. The summed E-state index contributed by atoms with van der Waals surface area (Å²) in [4.78, 5) is 34.3. The zero-order valence-electron chi connectivity index (χ0n) is 14.9. The van der Waals surface area contributed by atoms with E-state index < -0.39 is 23.3 Å². The van der Waals surface area contributed by atoms with Gasteiger partial charge < -0.3 is 9.47 Å². The van der Waals surface area contributed by atoms with Gasteiger partial charge in [-0.15, -0.1) is 0 Å². The molecule has 29 heavy (non-hydrogen) atoms. The molecule has 0 heterocycles. The van der Waals surface area contributed by atoms with Gasteiger partial charge in [-0.1, -0.05) is 0 Å². The van der Waals surface area contributed by atoms with E-state index in [1.165, 1.54) is 72.8 Å². The molecule has 0 saturated carbocycles. The van der Waals surface area contributed by atoms with Crippen molar-refractivity contribution in [1.29, 1.82) is 0 Å². The van der Waals surface area contributed by atoms with Crippen LogP contribution in [0.5, 0.6) is 11.5 Å². The molecule has 0 aliphatic rings. The second-order valence-corrected chi connectivity index (χ2v) is 5.87. The second-order valence-electron chi connectivity index (χ2n) is 5.87. The average Bonchev–Trinajstić information content (AvgIpc) is 2.73. The summed E-state index contributed by atoms with van der Waals surface area (Å²) in [7, 11) is 0. The van der Waals surface area contributed by atoms with Crippen LogP contribution in [0.25, 0.3) is 0 Å². The highest BCUT2D eigenvalue weighted by Crippen LogP contribution is 2.18. The Labute approximate surface area is 164 Å². The Morgan fingerprint density at radius 2 is 1.34 bits per heavy atom. The fraction of sp³-hybridized carbons (Fsp3) is 0.0476. The maximum absolute atomic E-state index is 13.0. The Bertz CT molecular complexity index is 1030. The number of non-ortho nitro benzene ring substituents is 1. The highest BCUT2D eigenvalue weighted by molar-refractivity contribution is 6.09. The number of carbonyl (C=O) groups is 2. The molecule has 3 aromatic carbocycles. The topological polar surface area (TPSA) is 95.7 Å². The normalized spacial score (nSPS) is 10.2. The predicted octanol–water partition coefficient (Wildman–Crippen LogP) is 3.95. The summed E-state index contributed by atoms with van der Waals surface area (Å²) >= 11 is 0. The molecule has 0 radical (unpaired) electrons. The van der Waals surface area contributed by atoms with Gasteiger partial charge in [0.15, 0.2) is 12.4 Å². The number of hydrogen-bond donors (Lipinski definition) is 0. The molecule has 0 aromatic heterocycles. The molecule has 0 amide bonds. The van der Waals surface area contributed by atoms with E-state index in [2.05, 4.69) is 0 Å². The van der Waals surface area contributed by atoms with Crippen molar-refractivity contribution in [3.63, 3.8) is 0 Å². The summed E-state index contributed by atoms with van der Waals surface area (Å²) in [6, 6.07) is 16.4. The fourth-order valence-corrected chi connectivity index (χ4v) is 2.41. The highest BCUT2D eigenvalue weighted by Gasteiger charge is 2.11. The summed E-state index contributed by atoms with van der Waals surface area (Å²) in [6.07, 6.45) is 0. The number of ether oxygens (including phenoxy) is 2. The monoisotopic (exact) mass is 395 g/mol. The molecule has 0 N–H and O–H groups in total. The number of esters is 1. The van der Waals surface area contributed by atoms with Crippen LogP contribution in [-0.4, -0.2) is 23.3 Å². The van der Waals surface area contributed by atoms with Crippen LogP contribution in [0, 0.1) is 15.9 Å². The average molecular weight is 395 g/mol. The van der Waals surface area contributed by atoms with Crippen molar-refractivity contribution in [2.24, 2.45) is 0 Å². The number of halogens is 1. The Morgan fingerprint density at radius 3 is 1.90 bits per heavy atom. The summed E-state index contributed by atoms with van der Waals surface area (Å²) in [5.41, 5.74) is 0.612. The molecule has 3 rings (SSSR count). The maximum atomic E-state index is 13.0. The Balaban J connectivity index is 1.54. The summed E-state index contributed by atoms with van der Waals surface area (Å²) < 4.78 is 23.3. The lowest BCUT2D eigenvalue weighted by Crippen LogP contribution is -2.17. The van der Waals surface area contributed by atoms with Crippen LogP contribution in [-0.2, 0) is 4.79 Å². The van der Waals surface area contributed by atoms with Crippen molar-refractivity contribution in [1.82, 2.24) is 0 Å². The third-order valence-electron chi connectivity index (χ3n) is 3.86. The van der Waals surface area contributed by atoms with Crippen LogP contribution in [0.3, 0.4) is 0 Å². The minimum atomic E-state index is -0.680. The van der Waals surface area contributed by atoms with Crippen molar-refractivity contribution >= 4 is 17.4 Å². The van der Waals surface area contributed by atoms with Gasteiger partial charge in [-0.2, -0.15) is 0 Å². The zero-order chi connectivity index (χ0) is 20.8. The van der Waals surface area contributed by atoms with Crippen LogP contribution in [0.15, 0.2) is 72.8 Å². The predicted molar refractivity (Wildman–Crippen MR) is 101 cm³/mol. The smallest absolute Gasteiger partial charge is 0.349 e. The summed E-state index contributed by atoms with van der Waals surface area (Å²) in [5, 5.41) is 10.6. The van der Waals surface area contributed by atoms with Gasteiger partial charge in [-0.25, -0.2) is 9.18 Å². The minimum absolute atomic E-state index is 0.0878. The number of nitrogens with zero attached hydrogens (tertiary/aromatic N) is 1. The van der Waals surface area contributed by atoms with Crippen molar-refractivity contribution < 1.29 is 28.4 Å². The zero-order valence-corrected chi connectivity index (χ0v) is 14.9. The highest BCUT2D eigenvalue weighted by atomic mass is 19.1. The van der Waals surface area contributed by atoms with Crippen LogP contribution in [0.4, 0.5) is 10.1 Å². The van der Waals surface area contributed by atoms with Gasteiger partial charge in [0.1, 0.15) is 17.3 Å². The fourth-order valence-electron chi connectivity index (χ4n) is 2.41. The van der Waals surface area contributed by atoms with E-state index >= 15 is 0 Å². The molecule has 0 bridgehead atoms. The van der Waals surface area contributed by atoms with Crippen LogP contribution >= 0.6 is 0 Å². The Kier molecular flexibility index (Phi) is 5.94. The van der Waals surface area contributed by atoms with Gasteiger partial charge in [0.2, 0.25) is 0 Å². The van der Waals surface area contributed by atoms with Gasteiger partial charge in [-0.3, -0.25) is 14.9 Å². The van der Waals surface area contributed by atoms with Crippen molar-refractivity contribution in [2.45, 2.75) is 0 Å². The van der Waals surface area contributed by atoms with E-state index in [4.69, 9.17) is 9.47 Å². The first-order chi connectivity index (χ1) is 13.9. The number of carbonyl (C=O) groups excluding carboxylic acids is 2. The first-order valence-electron chi connectivity index (χ1n) is 8.40. The molecular weight excluding hydrogens is 381 g/mol. The van der Waals surface area contributed by atoms with Crippen LogP contribution in [0.1, 0.15) is 15.9 Å². The molecule has 0 spiro atoms. The third kappa shape index (κ3) is 5.23. The SMILES string of the molecule is O=C(COc1ccc([N+](=O)[O-])cc1)Oc1ccc(C(=O)c2ccc(F)cc2)cc1. The second kappa shape index (κ2) is 8.75. The molecule has 0 unspecified atom stereocenters. The molecule has 0 fully saturated rings. The van der Waals surface area contributed by atoms with E-state index in [1.54, 1.807) is 0 Å². The largest absolute Gasteiger partial charge is 0.482 e. The molecule has 0 aliphatic carbocycles. The standard InChI is InChI=1S/C21H14FNO6/c22-16-5-1-14(2-6-16)21(25)15-3-9-19(10-4-15)29-20(24)13-28-18-11-7-17(8-12-18)23(26)27/h1-12H,13H2.